The van der Waals surface area contributed by atoms with E-state index in [0.717, 1.165) is 0 Å². The van der Waals surface area contributed by atoms with Crippen molar-refractivity contribution in [2.75, 3.05) is 89.4 Å². The lowest BCUT2D eigenvalue weighted by Gasteiger charge is -2.49. The van der Waals surface area contributed by atoms with Crippen LogP contribution in [0.5, 0.6) is 0 Å². The molecule has 2 fully saturated rings. The van der Waals surface area contributed by atoms with Crippen LogP contribution in [-0.2, 0) is 61.6 Å². The highest BCUT2D eigenvalue weighted by Crippen LogP contribution is 2.34. The Labute approximate surface area is 232 Å². The summed E-state index contributed by atoms with van der Waals surface area (Å²) in [7, 11) is 11.1. The third-order valence-corrected chi connectivity index (χ3v) is 6.78. The zero-order chi connectivity index (χ0) is 28.8. The van der Waals surface area contributed by atoms with Gasteiger partial charge in [0.25, 0.3) is 0 Å². The molecule has 2 saturated heterocycles. The first-order valence-electron chi connectivity index (χ1n) is 13.4. The van der Waals surface area contributed by atoms with Gasteiger partial charge in [-0.05, 0) is 13.8 Å². The first-order chi connectivity index (χ1) is 19.0. The van der Waals surface area contributed by atoms with Crippen molar-refractivity contribution in [3.63, 3.8) is 0 Å². The van der Waals surface area contributed by atoms with Gasteiger partial charge in [-0.2, -0.15) is 0 Å². The molecule has 0 aromatic carbocycles. The monoisotopic (exact) mass is 570 g/mol. The predicted molar refractivity (Wildman–Crippen MR) is 138 cm³/mol. The lowest BCUT2D eigenvalue weighted by atomic mass is 9.96. The van der Waals surface area contributed by atoms with E-state index in [1.165, 1.54) is 0 Å². The van der Waals surface area contributed by atoms with E-state index in [1.54, 1.807) is 49.8 Å². The molecule has 2 heterocycles. The molecule has 232 valence electrons. The average Bonchev–Trinajstić information content (AvgIpc) is 2.92. The molecule has 0 amide bonds. The molecule has 2 aliphatic heterocycles. The summed E-state index contributed by atoms with van der Waals surface area (Å²) >= 11 is 0. The van der Waals surface area contributed by atoms with Gasteiger partial charge < -0.3 is 61.6 Å². The summed E-state index contributed by atoms with van der Waals surface area (Å²) in [5, 5.41) is 0. The highest BCUT2D eigenvalue weighted by Gasteiger charge is 2.53. The maximum absolute atomic E-state index is 6.64. The summed E-state index contributed by atoms with van der Waals surface area (Å²) in [5.74, 6) is 0. The SMILES string of the molecule is CCO[C@H](COC)CO[C@@H]1O[C@@H](COC)[C@@H](OC)[C@H](O[C@@H]2O[C@@H](COC)[C@@H](OC)[C@H](OCC)[C@@H]2OC)[C@@H]1OC. The van der Waals surface area contributed by atoms with E-state index < -0.39 is 61.4 Å². The Morgan fingerprint density at radius 1 is 0.538 bits per heavy atom. The minimum Gasteiger partial charge on any atom is -0.382 e. The lowest BCUT2D eigenvalue weighted by molar-refractivity contribution is -0.370. The molecule has 2 aliphatic rings. The zero-order valence-electron chi connectivity index (χ0n) is 24.9. The molecule has 11 atom stereocenters. The molecule has 0 radical (unpaired) electrons. The first-order valence-corrected chi connectivity index (χ1v) is 13.4. The summed E-state index contributed by atoms with van der Waals surface area (Å²) in [6, 6.07) is 0. The normalized spacial score (nSPS) is 36.2. The van der Waals surface area contributed by atoms with Crippen LogP contribution in [0.4, 0.5) is 0 Å². The van der Waals surface area contributed by atoms with Gasteiger partial charge in [0.1, 0.15) is 54.9 Å². The van der Waals surface area contributed by atoms with Crippen LogP contribution in [-0.4, -0.2) is 157 Å². The van der Waals surface area contributed by atoms with Crippen molar-refractivity contribution in [1.82, 2.24) is 0 Å². The molecule has 0 aromatic rings. The largest absolute Gasteiger partial charge is 0.382 e. The molecule has 2 rings (SSSR count). The standard InChI is InChI=1S/C26H50O13/c1-10-34-16(12-27-3)13-36-25-24(33-9)22(20(31-7)18(37-25)15-29-5)39-26-23(32-8)21(35-11-2)19(30-6)17(38-26)14-28-4/h16-26H,10-15H2,1-9H3/t16-,17+,18+,19-,20-,21+,22+,23+,24+,25-,26+/m1/s1. The third-order valence-electron chi connectivity index (χ3n) is 6.78. The topological polar surface area (TPSA) is 120 Å². The molecule has 0 saturated carbocycles. The van der Waals surface area contributed by atoms with Crippen LogP contribution >= 0.6 is 0 Å². The van der Waals surface area contributed by atoms with E-state index in [1.807, 2.05) is 13.8 Å². The fourth-order valence-electron chi connectivity index (χ4n) is 5.12. The van der Waals surface area contributed by atoms with Gasteiger partial charge in [0.2, 0.25) is 0 Å². The number of methoxy groups -OCH3 is 7. The van der Waals surface area contributed by atoms with Crippen LogP contribution in [0, 0.1) is 0 Å². The summed E-state index contributed by atoms with van der Waals surface area (Å²) in [6.45, 7) is 5.88. The molecular weight excluding hydrogens is 520 g/mol. The third kappa shape index (κ3) is 9.23. The zero-order valence-corrected chi connectivity index (χ0v) is 24.9. The second-order valence-corrected chi connectivity index (χ2v) is 9.18. The lowest BCUT2D eigenvalue weighted by Crippen LogP contribution is -2.66. The predicted octanol–water partition coefficient (Wildman–Crippen LogP) is 0.647. The molecule has 0 unspecified atom stereocenters. The van der Waals surface area contributed by atoms with Crippen LogP contribution in [0.2, 0.25) is 0 Å². The summed E-state index contributed by atoms with van der Waals surface area (Å²) in [5.41, 5.74) is 0. The van der Waals surface area contributed by atoms with E-state index in [0.29, 0.717) is 19.8 Å². The van der Waals surface area contributed by atoms with Gasteiger partial charge >= 0.3 is 0 Å². The van der Waals surface area contributed by atoms with Gasteiger partial charge in [0.05, 0.1) is 26.4 Å². The van der Waals surface area contributed by atoms with Crippen molar-refractivity contribution in [3.05, 3.63) is 0 Å². The molecule has 0 bridgehead atoms. The van der Waals surface area contributed by atoms with E-state index >= 15 is 0 Å². The smallest absolute Gasteiger partial charge is 0.187 e. The van der Waals surface area contributed by atoms with Crippen LogP contribution in [0.25, 0.3) is 0 Å². The van der Waals surface area contributed by atoms with Gasteiger partial charge in [0, 0.05) is 63.0 Å². The Balaban J connectivity index is 2.36. The number of hydrogen-bond donors (Lipinski definition) is 0. The van der Waals surface area contributed by atoms with Crippen LogP contribution in [0.15, 0.2) is 0 Å². The van der Waals surface area contributed by atoms with E-state index in [-0.39, 0.29) is 25.9 Å². The van der Waals surface area contributed by atoms with Crippen molar-refractivity contribution in [2.45, 2.75) is 81.4 Å². The Kier molecular flexibility index (Phi) is 16.7. The Morgan fingerprint density at radius 3 is 1.56 bits per heavy atom. The molecule has 0 N–H and O–H groups in total. The van der Waals surface area contributed by atoms with Gasteiger partial charge in [-0.1, -0.05) is 0 Å². The molecule has 0 aromatic heterocycles. The number of hydrogen-bond acceptors (Lipinski definition) is 13. The van der Waals surface area contributed by atoms with Crippen molar-refractivity contribution in [1.29, 1.82) is 0 Å². The minimum absolute atomic E-state index is 0.217. The van der Waals surface area contributed by atoms with Crippen molar-refractivity contribution in [2.24, 2.45) is 0 Å². The van der Waals surface area contributed by atoms with Gasteiger partial charge in [-0.15, -0.1) is 0 Å². The van der Waals surface area contributed by atoms with Crippen LogP contribution in [0.1, 0.15) is 13.8 Å². The summed E-state index contributed by atoms with van der Waals surface area (Å²) < 4.78 is 76.6. The fraction of sp³-hybridized carbons (Fsp3) is 1.00. The van der Waals surface area contributed by atoms with Crippen molar-refractivity contribution >= 4 is 0 Å². The van der Waals surface area contributed by atoms with E-state index in [4.69, 9.17) is 61.6 Å². The maximum Gasteiger partial charge on any atom is 0.187 e. The van der Waals surface area contributed by atoms with Crippen molar-refractivity contribution < 1.29 is 61.6 Å². The second kappa shape index (κ2) is 18.8. The fourth-order valence-corrected chi connectivity index (χ4v) is 5.12. The molecule has 0 aliphatic carbocycles. The van der Waals surface area contributed by atoms with Gasteiger partial charge in [-0.3, -0.25) is 0 Å². The molecular formula is C26H50O13. The number of ether oxygens (including phenoxy) is 13. The van der Waals surface area contributed by atoms with Crippen LogP contribution < -0.4 is 0 Å². The highest BCUT2D eigenvalue weighted by molar-refractivity contribution is 4.97. The quantitative estimate of drug-likeness (QED) is 0.216. The van der Waals surface area contributed by atoms with Crippen LogP contribution in [0.3, 0.4) is 0 Å². The van der Waals surface area contributed by atoms with E-state index in [2.05, 4.69) is 0 Å². The summed E-state index contributed by atoms with van der Waals surface area (Å²) in [6.07, 6.45) is -6.48. The Hall–Kier alpha value is -0.520. The Morgan fingerprint density at radius 2 is 1.08 bits per heavy atom. The molecule has 0 spiro atoms. The minimum atomic E-state index is -0.870. The Bertz CT molecular complexity index is 623. The summed E-state index contributed by atoms with van der Waals surface area (Å²) in [4.78, 5) is 0. The second-order valence-electron chi connectivity index (χ2n) is 9.18. The van der Waals surface area contributed by atoms with Gasteiger partial charge in [0.15, 0.2) is 12.6 Å². The molecule has 39 heavy (non-hydrogen) atoms. The molecule has 13 heteroatoms. The van der Waals surface area contributed by atoms with E-state index in [9.17, 15) is 0 Å². The maximum atomic E-state index is 6.64. The average molecular weight is 571 g/mol. The first kappa shape index (κ1) is 34.7. The highest BCUT2D eigenvalue weighted by atomic mass is 16.8. The molecule has 13 nitrogen and oxygen atoms in total. The van der Waals surface area contributed by atoms with Gasteiger partial charge in [-0.25, -0.2) is 0 Å². The van der Waals surface area contributed by atoms with Crippen molar-refractivity contribution in [3.8, 4) is 0 Å². The number of rotatable bonds is 19.